The second-order valence-electron chi connectivity index (χ2n) is 3.76. The fraction of sp³-hybridized carbons (Fsp3) is 0.250. The maximum atomic E-state index is 8.73. The predicted octanol–water partition coefficient (Wildman–Crippen LogP) is 2.19. The van der Waals surface area contributed by atoms with E-state index in [9.17, 15) is 0 Å². The molecule has 1 aromatic heterocycles. The van der Waals surface area contributed by atoms with Gasteiger partial charge in [-0.3, -0.25) is 0 Å². The van der Waals surface area contributed by atoms with Crippen molar-refractivity contribution < 1.29 is 4.52 Å². The van der Waals surface area contributed by atoms with Gasteiger partial charge in [0, 0.05) is 11.6 Å². The van der Waals surface area contributed by atoms with Crippen molar-refractivity contribution >= 4 is 11.6 Å². The summed E-state index contributed by atoms with van der Waals surface area (Å²) in [5.41, 5.74) is 1.48. The van der Waals surface area contributed by atoms with Crippen LogP contribution in [0.3, 0.4) is 0 Å². The largest absolute Gasteiger partial charge is 0.338 e. The number of aromatic nitrogens is 2. The summed E-state index contributed by atoms with van der Waals surface area (Å²) in [7, 11) is 0. The number of aryl methyl sites for hydroxylation is 1. The lowest BCUT2D eigenvalue weighted by atomic mass is 10.1. The standard InChI is InChI=1S/C12H11ClN4O/c1-8-16-12(18-17-8)7-15-6-10-3-2-9(5-14)4-11(10)13/h2-4,15H,6-7H2,1H3. The van der Waals surface area contributed by atoms with Crippen LogP contribution in [-0.4, -0.2) is 10.1 Å². The molecule has 0 bridgehead atoms. The number of hydrogen-bond donors (Lipinski definition) is 1. The van der Waals surface area contributed by atoms with Crippen LogP contribution in [0, 0.1) is 18.3 Å². The van der Waals surface area contributed by atoms with Crippen molar-refractivity contribution in [2.24, 2.45) is 0 Å². The van der Waals surface area contributed by atoms with Gasteiger partial charge in [0.05, 0.1) is 18.2 Å². The first-order valence-corrected chi connectivity index (χ1v) is 5.75. The van der Waals surface area contributed by atoms with Gasteiger partial charge in [-0.1, -0.05) is 22.8 Å². The van der Waals surface area contributed by atoms with Crippen LogP contribution in [0.4, 0.5) is 0 Å². The minimum atomic E-state index is 0.483. The molecular weight excluding hydrogens is 252 g/mol. The van der Waals surface area contributed by atoms with E-state index < -0.39 is 0 Å². The summed E-state index contributed by atoms with van der Waals surface area (Å²) in [5, 5.41) is 16.1. The average molecular weight is 263 g/mol. The maximum absolute atomic E-state index is 8.73. The maximum Gasteiger partial charge on any atom is 0.240 e. The van der Waals surface area contributed by atoms with E-state index in [0.717, 1.165) is 5.56 Å². The Bertz CT molecular complexity index is 588. The number of nitrogens with zero attached hydrogens (tertiary/aromatic N) is 3. The molecule has 0 saturated heterocycles. The molecule has 92 valence electrons. The van der Waals surface area contributed by atoms with Crippen molar-refractivity contribution in [2.75, 3.05) is 0 Å². The molecule has 0 spiro atoms. The summed E-state index contributed by atoms with van der Waals surface area (Å²) in [4.78, 5) is 4.08. The van der Waals surface area contributed by atoms with Crippen LogP contribution in [0.15, 0.2) is 22.7 Å². The third-order valence-electron chi connectivity index (χ3n) is 2.34. The quantitative estimate of drug-likeness (QED) is 0.914. The zero-order chi connectivity index (χ0) is 13.0. The summed E-state index contributed by atoms with van der Waals surface area (Å²) >= 11 is 6.05. The molecule has 0 radical (unpaired) electrons. The Morgan fingerprint density at radius 1 is 1.44 bits per heavy atom. The van der Waals surface area contributed by atoms with Crippen molar-refractivity contribution in [1.82, 2.24) is 15.5 Å². The summed E-state index contributed by atoms with van der Waals surface area (Å²) in [6.07, 6.45) is 0. The van der Waals surface area contributed by atoms with E-state index in [4.69, 9.17) is 21.4 Å². The van der Waals surface area contributed by atoms with Gasteiger partial charge in [0.2, 0.25) is 5.89 Å². The lowest BCUT2D eigenvalue weighted by Crippen LogP contribution is -2.13. The molecule has 6 heteroatoms. The monoisotopic (exact) mass is 262 g/mol. The van der Waals surface area contributed by atoms with E-state index >= 15 is 0 Å². The van der Waals surface area contributed by atoms with Gasteiger partial charge in [-0.15, -0.1) is 0 Å². The molecule has 1 aromatic carbocycles. The van der Waals surface area contributed by atoms with E-state index in [1.54, 1.807) is 19.1 Å². The Morgan fingerprint density at radius 2 is 2.28 bits per heavy atom. The van der Waals surface area contributed by atoms with E-state index in [1.165, 1.54) is 0 Å². The average Bonchev–Trinajstić information content (AvgIpc) is 2.77. The molecule has 0 amide bonds. The highest BCUT2D eigenvalue weighted by Crippen LogP contribution is 2.17. The molecule has 1 N–H and O–H groups in total. The molecule has 0 saturated carbocycles. The van der Waals surface area contributed by atoms with Gasteiger partial charge < -0.3 is 9.84 Å². The van der Waals surface area contributed by atoms with Gasteiger partial charge in [-0.05, 0) is 24.6 Å². The van der Waals surface area contributed by atoms with Crippen molar-refractivity contribution in [3.63, 3.8) is 0 Å². The fourth-order valence-corrected chi connectivity index (χ4v) is 1.72. The third-order valence-corrected chi connectivity index (χ3v) is 2.70. The van der Waals surface area contributed by atoms with E-state index in [-0.39, 0.29) is 0 Å². The van der Waals surface area contributed by atoms with Crippen LogP contribution in [-0.2, 0) is 13.1 Å². The first kappa shape index (κ1) is 12.6. The first-order chi connectivity index (χ1) is 8.69. The predicted molar refractivity (Wildman–Crippen MR) is 65.7 cm³/mol. The Morgan fingerprint density at radius 3 is 2.89 bits per heavy atom. The van der Waals surface area contributed by atoms with E-state index in [2.05, 4.69) is 15.5 Å². The van der Waals surface area contributed by atoms with Crippen molar-refractivity contribution in [1.29, 1.82) is 5.26 Å². The Labute approximate surface area is 109 Å². The van der Waals surface area contributed by atoms with E-state index in [1.807, 2.05) is 12.1 Å². The topological polar surface area (TPSA) is 74.7 Å². The first-order valence-electron chi connectivity index (χ1n) is 5.37. The van der Waals surface area contributed by atoms with Gasteiger partial charge in [0.15, 0.2) is 5.82 Å². The van der Waals surface area contributed by atoms with Crippen LogP contribution in [0.25, 0.3) is 0 Å². The number of benzene rings is 1. The van der Waals surface area contributed by atoms with Crippen molar-refractivity contribution in [2.45, 2.75) is 20.0 Å². The Kier molecular flexibility index (Phi) is 3.92. The van der Waals surface area contributed by atoms with Crippen LogP contribution in [0.5, 0.6) is 0 Å². The number of nitrogens with one attached hydrogen (secondary N) is 1. The smallest absolute Gasteiger partial charge is 0.240 e. The molecule has 1 heterocycles. The summed E-state index contributed by atoms with van der Waals surface area (Å²) in [5.74, 6) is 1.15. The lowest BCUT2D eigenvalue weighted by Gasteiger charge is -2.04. The number of rotatable bonds is 4. The van der Waals surface area contributed by atoms with Crippen LogP contribution in [0.2, 0.25) is 5.02 Å². The zero-order valence-corrected chi connectivity index (χ0v) is 10.5. The van der Waals surface area contributed by atoms with Gasteiger partial charge in [-0.25, -0.2) is 0 Å². The summed E-state index contributed by atoms with van der Waals surface area (Å²) in [6.45, 7) is 2.83. The lowest BCUT2D eigenvalue weighted by molar-refractivity contribution is 0.364. The highest BCUT2D eigenvalue weighted by atomic mass is 35.5. The molecule has 2 rings (SSSR count). The highest BCUT2D eigenvalue weighted by Gasteiger charge is 2.04. The molecule has 0 aliphatic carbocycles. The van der Waals surface area contributed by atoms with Gasteiger partial charge in [0.25, 0.3) is 0 Å². The number of hydrogen-bond acceptors (Lipinski definition) is 5. The van der Waals surface area contributed by atoms with Gasteiger partial charge >= 0.3 is 0 Å². The third kappa shape index (κ3) is 3.06. The second kappa shape index (κ2) is 5.63. The van der Waals surface area contributed by atoms with Crippen molar-refractivity contribution in [3.8, 4) is 6.07 Å². The van der Waals surface area contributed by atoms with Crippen LogP contribution < -0.4 is 5.32 Å². The Hall–Kier alpha value is -1.90. The van der Waals surface area contributed by atoms with Gasteiger partial charge in [0.1, 0.15) is 0 Å². The van der Waals surface area contributed by atoms with Gasteiger partial charge in [-0.2, -0.15) is 10.2 Å². The minimum absolute atomic E-state index is 0.483. The van der Waals surface area contributed by atoms with Crippen LogP contribution >= 0.6 is 11.6 Å². The molecule has 5 nitrogen and oxygen atoms in total. The fourth-order valence-electron chi connectivity index (χ4n) is 1.48. The molecule has 0 fully saturated rings. The Balaban J connectivity index is 1.92. The molecule has 0 aliphatic heterocycles. The normalized spacial score (nSPS) is 10.3. The minimum Gasteiger partial charge on any atom is -0.338 e. The molecule has 0 atom stereocenters. The van der Waals surface area contributed by atoms with Crippen molar-refractivity contribution in [3.05, 3.63) is 46.1 Å². The molecule has 18 heavy (non-hydrogen) atoms. The molecular formula is C12H11ClN4O. The van der Waals surface area contributed by atoms with E-state index in [0.29, 0.717) is 35.4 Å². The highest BCUT2D eigenvalue weighted by molar-refractivity contribution is 6.31. The summed E-state index contributed by atoms with van der Waals surface area (Å²) in [6, 6.07) is 7.25. The SMILES string of the molecule is Cc1noc(CNCc2ccc(C#N)cc2Cl)n1. The second-order valence-corrected chi connectivity index (χ2v) is 4.16. The molecule has 0 unspecified atom stereocenters. The van der Waals surface area contributed by atoms with Crippen LogP contribution in [0.1, 0.15) is 22.8 Å². The number of halogens is 1. The summed E-state index contributed by atoms with van der Waals surface area (Å²) < 4.78 is 4.97. The molecule has 0 aliphatic rings. The molecule has 2 aromatic rings. The zero-order valence-electron chi connectivity index (χ0n) is 9.77. The number of nitriles is 1.